The van der Waals surface area contributed by atoms with Crippen LogP contribution >= 0.6 is 0 Å². The molecular formula is C22H27N5O4. The average molecular weight is 425 g/mol. The van der Waals surface area contributed by atoms with Gasteiger partial charge in [0.2, 0.25) is 5.43 Å². The molecule has 164 valence electrons. The second-order valence-electron chi connectivity index (χ2n) is 7.99. The largest absolute Gasteiger partial charge is 0.348 e. The Morgan fingerprint density at radius 3 is 2.61 bits per heavy atom. The van der Waals surface area contributed by atoms with Crippen LogP contribution in [-0.4, -0.2) is 51.2 Å². The van der Waals surface area contributed by atoms with Crippen LogP contribution in [0.15, 0.2) is 46.8 Å². The van der Waals surface area contributed by atoms with E-state index >= 15 is 0 Å². The highest BCUT2D eigenvalue weighted by Crippen LogP contribution is 2.22. The maximum Gasteiger partial charge on any atom is 0.294 e. The van der Waals surface area contributed by atoms with Gasteiger partial charge >= 0.3 is 0 Å². The summed E-state index contributed by atoms with van der Waals surface area (Å²) in [6.07, 6.45) is 3.75. The molecule has 1 aliphatic heterocycles. The lowest BCUT2D eigenvalue weighted by Crippen LogP contribution is -2.46. The molecule has 1 amide bonds. The summed E-state index contributed by atoms with van der Waals surface area (Å²) in [6, 6.07) is 7.32. The third-order valence-corrected chi connectivity index (χ3v) is 5.31. The molecule has 1 N–H and O–H groups in total. The van der Waals surface area contributed by atoms with E-state index < -0.39 is 16.3 Å². The van der Waals surface area contributed by atoms with Crippen molar-refractivity contribution >= 4 is 11.6 Å². The minimum atomic E-state index is -0.555. The van der Waals surface area contributed by atoms with E-state index in [4.69, 9.17) is 0 Å². The van der Waals surface area contributed by atoms with Crippen molar-refractivity contribution in [3.63, 3.8) is 0 Å². The summed E-state index contributed by atoms with van der Waals surface area (Å²) < 4.78 is 1.27. The number of para-hydroxylation sites is 2. The van der Waals surface area contributed by atoms with E-state index in [9.17, 15) is 19.7 Å². The van der Waals surface area contributed by atoms with Gasteiger partial charge < -0.3 is 5.32 Å². The van der Waals surface area contributed by atoms with E-state index in [0.29, 0.717) is 5.69 Å². The topological polar surface area (TPSA) is 110 Å². The molecule has 1 aromatic carbocycles. The SMILES string of the molecule is CC(C)=CCN1CCC(NC(=O)c2nn(-c3ccccc3[N+](=O)[O-])c(C)cc2=O)CC1. The second-order valence-corrected chi connectivity index (χ2v) is 7.99. The van der Waals surface area contributed by atoms with Gasteiger partial charge in [0.25, 0.3) is 11.6 Å². The summed E-state index contributed by atoms with van der Waals surface area (Å²) >= 11 is 0. The first-order chi connectivity index (χ1) is 14.8. The van der Waals surface area contributed by atoms with Gasteiger partial charge in [-0.25, -0.2) is 4.68 Å². The Balaban J connectivity index is 1.77. The zero-order chi connectivity index (χ0) is 22.5. The number of carbonyl (C=O) groups is 1. The molecule has 0 unspecified atom stereocenters. The van der Waals surface area contributed by atoms with Crippen LogP contribution in [0.25, 0.3) is 5.69 Å². The van der Waals surface area contributed by atoms with Crippen LogP contribution in [0, 0.1) is 17.0 Å². The first-order valence-corrected chi connectivity index (χ1v) is 10.3. The lowest BCUT2D eigenvalue weighted by atomic mass is 10.0. The van der Waals surface area contributed by atoms with Gasteiger partial charge in [-0.1, -0.05) is 23.8 Å². The number of amides is 1. The standard InChI is InChI=1S/C22H27N5O4/c1-15(2)8-11-25-12-9-17(10-13-25)23-22(29)21-20(28)14-16(3)26(24-21)18-6-4-5-7-19(18)27(30)31/h4-8,14,17H,9-13H2,1-3H3,(H,23,29). The Kier molecular flexibility index (Phi) is 6.96. The van der Waals surface area contributed by atoms with Crippen LogP contribution in [0.3, 0.4) is 0 Å². The highest BCUT2D eigenvalue weighted by atomic mass is 16.6. The number of nitrogens with one attached hydrogen (secondary N) is 1. The van der Waals surface area contributed by atoms with Gasteiger partial charge in [0.1, 0.15) is 5.69 Å². The van der Waals surface area contributed by atoms with Gasteiger partial charge in [0, 0.05) is 43.5 Å². The summed E-state index contributed by atoms with van der Waals surface area (Å²) in [5.74, 6) is -0.555. The van der Waals surface area contributed by atoms with Gasteiger partial charge in [-0.3, -0.25) is 24.6 Å². The van der Waals surface area contributed by atoms with Crippen LogP contribution in [0.2, 0.25) is 0 Å². The number of aromatic nitrogens is 2. The number of carbonyl (C=O) groups excluding carboxylic acids is 1. The summed E-state index contributed by atoms with van der Waals surface area (Å²) in [6.45, 7) is 8.36. The predicted octanol–water partition coefficient (Wildman–Crippen LogP) is 2.61. The number of likely N-dealkylation sites (tertiary alicyclic amines) is 1. The van der Waals surface area contributed by atoms with E-state index in [0.717, 1.165) is 32.5 Å². The molecular weight excluding hydrogens is 398 g/mol. The molecule has 3 rings (SSSR count). The van der Waals surface area contributed by atoms with Crippen molar-refractivity contribution in [2.45, 2.75) is 39.7 Å². The molecule has 0 atom stereocenters. The van der Waals surface area contributed by atoms with Crippen molar-refractivity contribution < 1.29 is 9.72 Å². The van der Waals surface area contributed by atoms with Crippen molar-refractivity contribution in [2.75, 3.05) is 19.6 Å². The third-order valence-electron chi connectivity index (χ3n) is 5.31. The summed E-state index contributed by atoms with van der Waals surface area (Å²) in [5.41, 5.74) is 0.948. The molecule has 0 radical (unpaired) electrons. The van der Waals surface area contributed by atoms with Gasteiger partial charge in [-0.15, -0.1) is 0 Å². The van der Waals surface area contributed by atoms with E-state index in [-0.39, 0.29) is 23.1 Å². The average Bonchev–Trinajstić information content (AvgIpc) is 2.73. The molecule has 2 aromatic rings. The molecule has 0 bridgehead atoms. The van der Waals surface area contributed by atoms with Crippen molar-refractivity contribution in [3.05, 3.63) is 73.7 Å². The summed E-state index contributed by atoms with van der Waals surface area (Å²) in [7, 11) is 0. The molecule has 2 heterocycles. The van der Waals surface area contributed by atoms with E-state index in [2.05, 4.69) is 35.2 Å². The van der Waals surface area contributed by atoms with Crippen LogP contribution in [0.4, 0.5) is 5.69 Å². The Hall–Kier alpha value is -3.33. The molecule has 9 nitrogen and oxygen atoms in total. The van der Waals surface area contributed by atoms with Gasteiger partial charge in [0.15, 0.2) is 5.69 Å². The van der Waals surface area contributed by atoms with E-state index in [1.54, 1.807) is 19.1 Å². The molecule has 1 fully saturated rings. The summed E-state index contributed by atoms with van der Waals surface area (Å²) in [4.78, 5) is 38.4. The smallest absolute Gasteiger partial charge is 0.294 e. The number of hydrogen-bond donors (Lipinski definition) is 1. The Morgan fingerprint density at radius 1 is 1.29 bits per heavy atom. The van der Waals surface area contributed by atoms with E-state index in [1.165, 1.54) is 28.5 Å². The quantitative estimate of drug-likeness (QED) is 0.433. The number of allylic oxidation sites excluding steroid dienone is 1. The lowest BCUT2D eigenvalue weighted by Gasteiger charge is -2.31. The molecule has 1 aromatic heterocycles. The van der Waals surface area contributed by atoms with Gasteiger partial charge in [-0.2, -0.15) is 5.10 Å². The molecule has 1 saturated heterocycles. The number of rotatable bonds is 6. The highest BCUT2D eigenvalue weighted by Gasteiger charge is 2.24. The molecule has 1 aliphatic rings. The number of hydrogen-bond acceptors (Lipinski definition) is 6. The van der Waals surface area contributed by atoms with Crippen LogP contribution in [0.1, 0.15) is 42.9 Å². The minimum Gasteiger partial charge on any atom is -0.348 e. The normalized spacial score (nSPS) is 14.8. The predicted molar refractivity (Wildman–Crippen MR) is 118 cm³/mol. The summed E-state index contributed by atoms with van der Waals surface area (Å²) in [5, 5.41) is 18.5. The third kappa shape index (κ3) is 5.43. The van der Waals surface area contributed by atoms with Crippen LogP contribution < -0.4 is 10.7 Å². The molecule has 0 aliphatic carbocycles. The fraction of sp³-hybridized carbons (Fsp3) is 0.409. The van der Waals surface area contributed by atoms with Crippen LogP contribution in [-0.2, 0) is 0 Å². The number of benzene rings is 1. The van der Waals surface area contributed by atoms with Gasteiger partial charge in [0.05, 0.1) is 4.92 Å². The maximum atomic E-state index is 12.8. The Bertz CT molecular complexity index is 1060. The fourth-order valence-corrected chi connectivity index (χ4v) is 3.57. The minimum absolute atomic E-state index is 0.0440. The number of nitrogens with zero attached hydrogens (tertiary/aromatic N) is 4. The monoisotopic (exact) mass is 425 g/mol. The first kappa shape index (κ1) is 22.4. The van der Waals surface area contributed by atoms with Crippen molar-refractivity contribution in [3.8, 4) is 5.69 Å². The Labute approximate surface area is 180 Å². The molecule has 31 heavy (non-hydrogen) atoms. The number of aryl methyl sites for hydroxylation is 1. The molecule has 0 saturated carbocycles. The fourth-order valence-electron chi connectivity index (χ4n) is 3.57. The zero-order valence-electron chi connectivity index (χ0n) is 18.0. The van der Waals surface area contributed by atoms with Crippen LogP contribution in [0.5, 0.6) is 0 Å². The number of nitro groups is 1. The van der Waals surface area contributed by atoms with Crippen molar-refractivity contribution in [2.24, 2.45) is 0 Å². The number of nitro benzene ring substituents is 1. The second kappa shape index (κ2) is 9.65. The van der Waals surface area contributed by atoms with E-state index in [1.807, 2.05) is 0 Å². The highest BCUT2D eigenvalue weighted by molar-refractivity contribution is 5.92. The van der Waals surface area contributed by atoms with Gasteiger partial charge in [-0.05, 0) is 39.7 Å². The van der Waals surface area contributed by atoms with Crippen molar-refractivity contribution in [1.82, 2.24) is 20.0 Å². The Morgan fingerprint density at radius 2 is 1.97 bits per heavy atom. The molecule has 0 spiro atoms. The zero-order valence-corrected chi connectivity index (χ0v) is 18.0. The first-order valence-electron chi connectivity index (χ1n) is 10.3. The maximum absolute atomic E-state index is 12.8. The lowest BCUT2D eigenvalue weighted by molar-refractivity contribution is -0.384. The van der Waals surface area contributed by atoms with Crippen molar-refractivity contribution in [1.29, 1.82) is 0 Å². The molecule has 9 heteroatoms. The number of piperidine rings is 1.